The molecule has 0 radical (unpaired) electrons. The van der Waals surface area contributed by atoms with E-state index in [-0.39, 0.29) is 0 Å². The van der Waals surface area contributed by atoms with E-state index >= 15 is 0 Å². The Morgan fingerprint density at radius 2 is 1.46 bits per heavy atom. The van der Waals surface area contributed by atoms with Gasteiger partial charge in [0.1, 0.15) is 0 Å². The summed E-state index contributed by atoms with van der Waals surface area (Å²) < 4.78 is 9.56. The summed E-state index contributed by atoms with van der Waals surface area (Å²) in [4.78, 5) is 0. The maximum Gasteiger partial charge on any atom is 0.0148 e. The lowest BCUT2D eigenvalue weighted by molar-refractivity contribution is 0.690. The van der Waals surface area contributed by atoms with Gasteiger partial charge in [-0.05, 0) is 11.5 Å². The molecule has 2 heteroatoms. The second-order valence-electron chi connectivity index (χ2n) is 3.31. The van der Waals surface area contributed by atoms with Gasteiger partial charge in [-0.15, -0.1) is 0 Å². The molecule has 1 aromatic carbocycles. The predicted octanol–water partition coefficient (Wildman–Crippen LogP) is 2.80. The highest BCUT2D eigenvalue weighted by Crippen LogP contribution is 2.11. The van der Waals surface area contributed by atoms with Crippen LogP contribution in [-0.4, -0.2) is 16.7 Å². The molecule has 0 spiro atoms. The van der Waals surface area contributed by atoms with E-state index in [0.717, 1.165) is 0 Å². The smallest absolute Gasteiger partial charge is 0.0148 e. The van der Waals surface area contributed by atoms with Crippen LogP contribution in [0, 0.1) is 0 Å². The van der Waals surface area contributed by atoms with Gasteiger partial charge in [-0.25, -0.2) is 0 Å². The molecule has 0 fully saturated rings. The average molecular weight is 198 g/mol. The monoisotopic (exact) mass is 198 g/mol. The van der Waals surface area contributed by atoms with Gasteiger partial charge >= 0.3 is 0 Å². The van der Waals surface area contributed by atoms with Gasteiger partial charge in [0.2, 0.25) is 0 Å². The molecule has 1 rings (SSSR count). The van der Waals surface area contributed by atoms with Crippen molar-refractivity contribution in [2.75, 3.05) is 12.5 Å². The normalized spacial score (nSPS) is 9.69. The topological polar surface area (TPSA) is 17.1 Å². The van der Waals surface area contributed by atoms with E-state index in [0.29, 0.717) is 5.92 Å². The Hall–Kier alpha value is -0.630. The Balaban J connectivity index is 0.000000310. The number of hydrogen-bond acceptors (Lipinski definition) is 1. The predicted molar refractivity (Wildman–Crippen MR) is 60.5 cm³/mol. The first-order chi connectivity index (χ1) is 6.04. The lowest BCUT2D eigenvalue weighted by Crippen LogP contribution is -1.83. The maximum absolute atomic E-state index is 9.56. The van der Waals surface area contributed by atoms with Crippen LogP contribution < -0.4 is 0 Å². The minimum absolute atomic E-state index is 0.611. The van der Waals surface area contributed by atoms with Gasteiger partial charge in [0.05, 0.1) is 0 Å². The van der Waals surface area contributed by atoms with E-state index in [1.165, 1.54) is 5.56 Å². The highest BCUT2D eigenvalue weighted by molar-refractivity contribution is 7.83. The Morgan fingerprint density at radius 1 is 1.08 bits per heavy atom. The molecule has 0 saturated carbocycles. The summed E-state index contributed by atoms with van der Waals surface area (Å²) in [6.45, 7) is 4.41. The Kier molecular flexibility index (Phi) is 6.51. The van der Waals surface area contributed by atoms with Gasteiger partial charge in [0, 0.05) is 23.3 Å². The minimum atomic E-state index is -0.611. The Bertz CT molecular complexity index is 238. The van der Waals surface area contributed by atoms with Crippen molar-refractivity contribution in [3.05, 3.63) is 35.9 Å². The molecule has 0 aliphatic rings. The van der Waals surface area contributed by atoms with Crippen molar-refractivity contribution in [2.45, 2.75) is 19.8 Å². The van der Waals surface area contributed by atoms with Crippen molar-refractivity contribution >= 4 is 10.8 Å². The van der Waals surface area contributed by atoms with Crippen molar-refractivity contribution in [3.8, 4) is 0 Å². The Morgan fingerprint density at radius 3 is 1.69 bits per heavy atom. The average Bonchev–Trinajstić information content (AvgIpc) is 2.05. The molecule has 0 amide bonds. The second-order valence-corrected chi connectivity index (χ2v) is 4.79. The lowest BCUT2D eigenvalue weighted by atomic mass is 10.0. The van der Waals surface area contributed by atoms with Crippen LogP contribution in [0.15, 0.2) is 30.3 Å². The summed E-state index contributed by atoms with van der Waals surface area (Å²) in [5, 5.41) is 0. The van der Waals surface area contributed by atoms with Crippen molar-refractivity contribution in [1.82, 2.24) is 0 Å². The van der Waals surface area contributed by atoms with Crippen LogP contribution >= 0.6 is 0 Å². The zero-order valence-corrected chi connectivity index (χ0v) is 9.60. The SMILES string of the molecule is CC(C)c1ccccc1.CS(C)=O. The first-order valence-corrected chi connectivity index (χ1v) is 6.30. The molecule has 0 aliphatic heterocycles. The van der Waals surface area contributed by atoms with Gasteiger partial charge in [-0.2, -0.15) is 0 Å². The van der Waals surface area contributed by atoms with Crippen LogP contribution in [0.3, 0.4) is 0 Å². The van der Waals surface area contributed by atoms with Crippen LogP contribution in [-0.2, 0) is 10.8 Å². The first-order valence-electron chi connectivity index (χ1n) is 4.34. The van der Waals surface area contributed by atoms with Crippen molar-refractivity contribution in [3.63, 3.8) is 0 Å². The molecule has 0 aromatic heterocycles. The molecule has 0 N–H and O–H groups in total. The number of rotatable bonds is 1. The second kappa shape index (κ2) is 6.84. The molecule has 1 nitrogen and oxygen atoms in total. The first kappa shape index (κ1) is 12.4. The molecular weight excluding hydrogens is 180 g/mol. The van der Waals surface area contributed by atoms with Crippen LogP contribution in [0.2, 0.25) is 0 Å². The van der Waals surface area contributed by atoms with Crippen molar-refractivity contribution in [1.29, 1.82) is 0 Å². The fourth-order valence-corrected chi connectivity index (χ4v) is 0.838. The molecule has 0 bridgehead atoms. The fraction of sp³-hybridized carbons (Fsp3) is 0.455. The molecule has 0 heterocycles. The molecule has 74 valence electrons. The highest BCUT2D eigenvalue weighted by Gasteiger charge is 1.93. The van der Waals surface area contributed by atoms with E-state index in [9.17, 15) is 4.21 Å². The molecule has 0 aliphatic carbocycles. The lowest BCUT2D eigenvalue weighted by Gasteiger charge is -2.01. The van der Waals surface area contributed by atoms with E-state index in [4.69, 9.17) is 0 Å². The highest BCUT2D eigenvalue weighted by atomic mass is 32.2. The third-order valence-electron chi connectivity index (χ3n) is 1.47. The van der Waals surface area contributed by atoms with Gasteiger partial charge < -0.3 is 0 Å². The van der Waals surface area contributed by atoms with Gasteiger partial charge in [-0.3, -0.25) is 4.21 Å². The molecule has 1 aromatic rings. The summed E-state index contributed by atoms with van der Waals surface area (Å²) in [6.07, 6.45) is 3.28. The summed E-state index contributed by atoms with van der Waals surface area (Å²) >= 11 is 0. The third-order valence-corrected chi connectivity index (χ3v) is 1.47. The third kappa shape index (κ3) is 7.72. The zero-order valence-electron chi connectivity index (χ0n) is 8.78. The summed E-state index contributed by atoms with van der Waals surface area (Å²) in [5.41, 5.74) is 1.41. The van der Waals surface area contributed by atoms with Crippen molar-refractivity contribution < 1.29 is 4.21 Å². The van der Waals surface area contributed by atoms with Crippen LogP contribution in [0.5, 0.6) is 0 Å². The maximum atomic E-state index is 9.56. The largest absolute Gasteiger partial charge is 0.260 e. The molecule has 13 heavy (non-hydrogen) atoms. The van der Waals surface area contributed by atoms with E-state index < -0.39 is 10.8 Å². The minimum Gasteiger partial charge on any atom is -0.260 e. The molecular formula is C11H18OS. The Labute approximate surface area is 83.6 Å². The number of hydrogen-bond donors (Lipinski definition) is 0. The van der Waals surface area contributed by atoms with Gasteiger partial charge in [-0.1, -0.05) is 44.2 Å². The standard InChI is InChI=1S/C9H12.C2H6OS/c1-8(2)9-6-4-3-5-7-9;1-4(2)3/h3-8H,1-2H3;1-2H3. The quantitative estimate of drug-likeness (QED) is 0.678. The van der Waals surface area contributed by atoms with Crippen LogP contribution in [0.25, 0.3) is 0 Å². The molecule has 0 atom stereocenters. The number of benzene rings is 1. The summed E-state index contributed by atoms with van der Waals surface area (Å²) in [5.74, 6) is 0.659. The molecule has 0 saturated heterocycles. The summed E-state index contributed by atoms with van der Waals surface area (Å²) in [6, 6.07) is 10.5. The van der Waals surface area contributed by atoms with Gasteiger partial charge in [0.15, 0.2) is 0 Å². The summed E-state index contributed by atoms with van der Waals surface area (Å²) in [7, 11) is -0.611. The van der Waals surface area contributed by atoms with Crippen molar-refractivity contribution in [2.24, 2.45) is 0 Å². The zero-order chi connectivity index (χ0) is 10.3. The van der Waals surface area contributed by atoms with E-state index in [1.54, 1.807) is 12.5 Å². The van der Waals surface area contributed by atoms with E-state index in [2.05, 4.69) is 38.1 Å². The van der Waals surface area contributed by atoms with Crippen LogP contribution in [0.4, 0.5) is 0 Å². The van der Waals surface area contributed by atoms with E-state index in [1.807, 2.05) is 6.07 Å². The molecule has 0 unspecified atom stereocenters. The van der Waals surface area contributed by atoms with Gasteiger partial charge in [0.25, 0.3) is 0 Å². The fourth-order valence-electron chi connectivity index (χ4n) is 0.838. The van der Waals surface area contributed by atoms with Crippen LogP contribution in [0.1, 0.15) is 25.3 Å².